The van der Waals surface area contributed by atoms with Crippen molar-refractivity contribution in [2.45, 2.75) is 39.3 Å². The van der Waals surface area contributed by atoms with Gasteiger partial charge in [-0.05, 0) is 37.5 Å². The number of aryl methyl sites for hydroxylation is 1. The maximum absolute atomic E-state index is 6.43. The third kappa shape index (κ3) is 4.32. The van der Waals surface area contributed by atoms with Crippen LogP contribution in [0.15, 0.2) is 95.5 Å². The van der Waals surface area contributed by atoms with Crippen LogP contribution in [-0.2, 0) is 17.7 Å². The van der Waals surface area contributed by atoms with Crippen LogP contribution in [0.4, 0.5) is 0 Å². The Morgan fingerprint density at radius 1 is 0.759 bits per heavy atom. The Kier molecular flexibility index (Phi) is 5.35. The monoisotopic (exact) mass is 381 g/mol. The van der Waals surface area contributed by atoms with Crippen LogP contribution in [0, 0.1) is 6.92 Å². The van der Waals surface area contributed by atoms with E-state index in [-0.39, 0.29) is 0 Å². The molecule has 0 aromatic heterocycles. The van der Waals surface area contributed by atoms with Crippen LogP contribution < -0.4 is 0 Å². The van der Waals surface area contributed by atoms with Crippen LogP contribution in [0.2, 0.25) is 0 Å². The molecule has 4 rings (SSSR count). The van der Waals surface area contributed by atoms with E-state index in [1.54, 1.807) is 0 Å². The highest BCUT2D eigenvalue weighted by molar-refractivity contribution is 6.07. The van der Waals surface area contributed by atoms with Crippen molar-refractivity contribution in [1.29, 1.82) is 0 Å². The molecule has 0 bridgehead atoms. The number of benzene rings is 3. The second-order valence-corrected chi connectivity index (χ2v) is 8.10. The number of aliphatic imine (C=N–C) groups is 1. The molecule has 0 amide bonds. The van der Waals surface area contributed by atoms with Crippen LogP contribution in [0.5, 0.6) is 0 Å². The molecule has 2 heteroatoms. The summed E-state index contributed by atoms with van der Waals surface area (Å²) in [6.07, 6.45) is 0.807. The second-order valence-electron chi connectivity index (χ2n) is 8.10. The summed E-state index contributed by atoms with van der Waals surface area (Å²) in [4.78, 5) is 4.90. The Morgan fingerprint density at radius 2 is 1.34 bits per heavy atom. The van der Waals surface area contributed by atoms with Crippen LogP contribution in [0.3, 0.4) is 0 Å². The van der Waals surface area contributed by atoms with E-state index < -0.39 is 5.60 Å². The van der Waals surface area contributed by atoms with E-state index in [4.69, 9.17) is 9.73 Å². The van der Waals surface area contributed by atoms with Gasteiger partial charge in [0.1, 0.15) is 5.60 Å². The van der Waals surface area contributed by atoms with Gasteiger partial charge in [-0.1, -0.05) is 90.5 Å². The molecule has 1 heterocycles. The minimum Gasteiger partial charge on any atom is -0.467 e. The fourth-order valence-electron chi connectivity index (χ4n) is 3.90. The topological polar surface area (TPSA) is 21.6 Å². The first-order valence-corrected chi connectivity index (χ1v) is 10.2. The lowest BCUT2D eigenvalue weighted by atomic mass is 9.87. The number of hydrogen-bond acceptors (Lipinski definition) is 2. The highest BCUT2D eigenvalue weighted by atomic mass is 16.5. The van der Waals surface area contributed by atoms with Crippen molar-refractivity contribution in [2.24, 2.45) is 4.99 Å². The summed E-state index contributed by atoms with van der Waals surface area (Å²) in [6.45, 7) is 7.01. The van der Waals surface area contributed by atoms with Gasteiger partial charge in [0, 0.05) is 17.6 Å². The predicted molar refractivity (Wildman–Crippen MR) is 121 cm³/mol. The van der Waals surface area contributed by atoms with Crippen molar-refractivity contribution in [2.75, 3.05) is 0 Å². The predicted octanol–water partition coefficient (Wildman–Crippen LogP) is 6.40. The van der Waals surface area contributed by atoms with Gasteiger partial charge in [-0.2, -0.15) is 0 Å². The van der Waals surface area contributed by atoms with E-state index in [0.29, 0.717) is 6.54 Å². The first-order valence-electron chi connectivity index (χ1n) is 10.2. The van der Waals surface area contributed by atoms with Gasteiger partial charge >= 0.3 is 0 Å². The number of rotatable bonds is 5. The minimum atomic E-state index is -0.422. The highest BCUT2D eigenvalue weighted by Gasteiger charge is 2.39. The summed E-state index contributed by atoms with van der Waals surface area (Å²) in [5, 5.41) is 0. The standard InChI is InChI=1S/C27H27NO/c1-20-14-16-23(17-15-20)25-24(18-21-10-6-4-7-11-21)26(29-27(25,2)3)28-19-22-12-8-5-9-13-22/h4-17H,18-19H2,1-3H3. The van der Waals surface area contributed by atoms with Gasteiger partial charge in [-0.3, -0.25) is 0 Å². The molecule has 0 atom stereocenters. The fraction of sp³-hybridized carbons (Fsp3) is 0.222. The maximum Gasteiger partial charge on any atom is 0.213 e. The SMILES string of the molecule is Cc1ccc(C2=C(Cc3ccccc3)C(=NCc3ccccc3)OC2(C)C)cc1. The minimum absolute atomic E-state index is 0.422. The molecule has 0 saturated heterocycles. The molecule has 3 aromatic rings. The largest absolute Gasteiger partial charge is 0.467 e. The number of nitrogens with zero attached hydrogens (tertiary/aromatic N) is 1. The Labute approximate surface area is 173 Å². The fourth-order valence-corrected chi connectivity index (χ4v) is 3.90. The lowest BCUT2D eigenvalue weighted by Crippen LogP contribution is -2.22. The van der Waals surface area contributed by atoms with E-state index >= 15 is 0 Å². The van der Waals surface area contributed by atoms with Gasteiger partial charge in [0.15, 0.2) is 0 Å². The van der Waals surface area contributed by atoms with E-state index in [1.165, 1.54) is 33.4 Å². The summed E-state index contributed by atoms with van der Waals surface area (Å²) in [5.74, 6) is 0.762. The molecule has 0 saturated carbocycles. The molecule has 0 spiro atoms. The van der Waals surface area contributed by atoms with Crippen LogP contribution >= 0.6 is 0 Å². The first-order chi connectivity index (χ1) is 14.0. The van der Waals surface area contributed by atoms with Crippen molar-refractivity contribution in [3.8, 4) is 0 Å². The average molecular weight is 382 g/mol. The third-order valence-corrected chi connectivity index (χ3v) is 5.33. The van der Waals surface area contributed by atoms with E-state index in [2.05, 4.69) is 87.5 Å². The Hall–Kier alpha value is -3.13. The van der Waals surface area contributed by atoms with Crippen molar-refractivity contribution in [3.63, 3.8) is 0 Å². The normalized spacial score (nSPS) is 16.9. The summed E-state index contributed by atoms with van der Waals surface area (Å²) >= 11 is 0. The molecule has 2 nitrogen and oxygen atoms in total. The molecule has 0 fully saturated rings. The summed E-state index contributed by atoms with van der Waals surface area (Å²) in [5.41, 5.74) is 6.90. The zero-order chi connectivity index (χ0) is 20.3. The molecule has 0 radical (unpaired) electrons. The summed E-state index contributed by atoms with van der Waals surface area (Å²) in [7, 11) is 0. The Balaban J connectivity index is 1.79. The summed E-state index contributed by atoms with van der Waals surface area (Å²) < 4.78 is 6.43. The molecule has 29 heavy (non-hydrogen) atoms. The maximum atomic E-state index is 6.43. The smallest absolute Gasteiger partial charge is 0.213 e. The zero-order valence-electron chi connectivity index (χ0n) is 17.4. The molecular weight excluding hydrogens is 354 g/mol. The first kappa shape index (κ1) is 19.2. The number of ether oxygens (including phenoxy) is 1. The Bertz CT molecular complexity index is 1030. The van der Waals surface area contributed by atoms with Gasteiger partial charge in [0.25, 0.3) is 0 Å². The average Bonchev–Trinajstić information content (AvgIpc) is 2.98. The molecule has 0 aliphatic carbocycles. The van der Waals surface area contributed by atoms with Gasteiger partial charge in [0.2, 0.25) is 5.90 Å². The molecule has 0 unspecified atom stereocenters. The van der Waals surface area contributed by atoms with E-state index in [9.17, 15) is 0 Å². The highest BCUT2D eigenvalue weighted by Crippen LogP contribution is 2.41. The molecule has 3 aromatic carbocycles. The third-order valence-electron chi connectivity index (χ3n) is 5.33. The van der Waals surface area contributed by atoms with Crippen molar-refractivity contribution < 1.29 is 4.74 Å². The molecule has 0 N–H and O–H groups in total. The van der Waals surface area contributed by atoms with E-state index in [1.807, 2.05) is 18.2 Å². The molecular formula is C27H27NO. The van der Waals surface area contributed by atoms with Crippen molar-refractivity contribution in [3.05, 3.63) is 113 Å². The second kappa shape index (κ2) is 8.08. The molecule has 1 aliphatic rings. The molecule has 1 aliphatic heterocycles. The van der Waals surface area contributed by atoms with Crippen LogP contribution in [-0.4, -0.2) is 11.5 Å². The van der Waals surface area contributed by atoms with Crippen LogP contribution in [0.1, 0.15) is 36.1 Å². The lowest BCUT2D eigenvalue weighted by molar-refractivity contribution is 0.170. The lowest BCUT2D eigenvalue weighted by Gasteiger charge is -2.22. The zero-order valence-corrected chi connectivity index (χ0v) is 17.4. The Morgan fingerprint density at radius 3 is 1.97 bits per heavy atom. The van der Waals surface area contributed by atoms with Gasteiger partial charge in [0.05, 0.1) is 6.54 Å². The van der Waals surface area contributed by atoms with Gasteiger partial charge in [-0.25, -0.2) is 4.99 Å². The van der Waals surface area contributed by atoms with E-state index in [0.717, 1.165) is 12.3 Å². The van der Waals surface area contributed by atoms with Crippen LogP contribution in [0.25, 0.3) is 5.57 Å². The van der Waals surface area contributed by atoms with Crippen molar-refractivity contribution >= 4 is 11.5 Å². The van der Waals surface area contributed by atoms with Gasteiger partial charge in [-0.15, -0.1) is 0 Å². The number of hydrogen-bond donors (Lipinski definition) is 0. The summed E-state index contributed by atoms with van der Waals surface area (Å²) in [6, 6.07) is 29.6. The van der Waals surface area contributed by atoms with Crippen molar-refractivity contribution in [1.82, 2.24) is 0 Å². The molecule has 146 valence electrons. The van der Waals surface area contributed by atoms with Gasteiger partial charge < -0.3 is 4.74 Å². The quantitative estimate of drug-likeness (QED) is 0.501.